The van der Waals surface area contributed by atoms with Crippen molar-refractivity contribution in [1.82, 2.24) is 0 Å². The van der Waals surface area contributed by atoms with Gasteiger partial charge in [-0.3, -0.25) is 0 Å². The molecule has 0 aliphatic carbocycles. The summed E-state index contributed by atoms with van der Waals surface area (Å²) in [6.45, 7) is 2.52. The van der Waals surface area contributed by atoms with Crippen molar-refractivity contribution in [2.75, 3.05) is 13.7 Å². The molecule has 86 valence electrons. The van der Waals surface area contributed by atoms with Crippen LogP contribution in [-0.2, 0) is 4.74 Å². The third-order valence-corrected chi connectivity index (χ3v) is 2.31. The van der Waals surface area contributed by atoms with Gasteiger partial charge in [0.2, 0.25) is 0 Å². The molecule has 1 aromatic rings. The summed E-state index contributed by atoms with van der Waals surface area (Å²) in [5.74, 6) is -0.299. The van der Waals surface area contributed by atoms with Gasteiger partial charge in [0, 0.05) is 0 Å². The predicted molar refractivity (Wildman–Crippen MR) is 65.2 cm³/mol. The molecule has 0 aliphatic heterocycles. The highest BCUT2D eigenvalue weighted by molar-refractivity contribution is 5.91. The van der Waals surface area contributed by atoms with Gasteiger partial charge in [-0.15, -0.1) is 0 Å². The Balaban J connectivity index is 2.93. The molecule has 3 heteroatoms. The third kappa shape index (κ3) is 3.21. The Morgan fingerprint density at radius 2 is 2.25 bits per heavy atom. The van der Waals surface area contributed by atoms with E-state index < -0.39 is 0 Å². The molecule has 0 fully saturated rings. The second-order valence-electron chi connectivity index (χ2n) is 3.55. The zero-order valence-corrected chi connectivity index (χ0v) is 9.69. The Labute approximate surface area is 95.9 Å². The Hall–Kier alpha value is -1.61. The number of carbonyl (C=O) groups excluding carboxylic acids is 1. The molecule has 1 rings (SSSR count). The van der Waals surface area contributed by atoms with E-state index in [1.165, 1.54) is 7.11 Å². The summed E-state index contributed by atoms with van der Waals surface area (Å²) in [6.07, 6.45) is 4.78. The van der Waals surface area contributed by atoms with Gasteiger partial charge in [-0.1, -0.05) is 24.3 Å². The van der Waals surface area contributed by atoms with E-state index in [1.54, 1.807) is 0 Å². The summed E-state index contributed by atoms with van der Waals surface area (Å²) in [5, 5.41) is 0. The van der Waals surface area contributed by atoms with Gasteiger partial charge in [-0.05, 0) is 37.1 Å². The number of benzene rings is 1. The molecular formula is C13H17NO2. The van der Waals surface area contributed by atoms with E-state index in [0.717, 1.165) is 17.5 Å². The Morgan fingerprint density at radius 1 is 1.50 bits per heavy atom. The molecule has 0 bridgehead atoms. The molecule has 2 N–H and O–H groups in total. The molecule has 0 saturated heterocycles. The van der Waals surface area contributed by atoms with Crippen LogP contribution in [0.1, 0.15) is 27.9 Å². The maximum atomic E-state index is 11.5. The molecule has 0 amide bonds. The predicted octanol–water partition coefficient (Wildman–Crippen LogP) is 2.14. The van der Waals surface area contributed by atoms with Crippen LogP contribution in [0.2, 0.25) is 0 Å². The van der Waals surface area contributed by atoms with Crippen LogP contribution in [0.25, 0.3) is 6.08 Å². The van der Waals surface area contributed by atoms with Crippen molar-refractivity contribution < 1.29 is 9.53 Å². The fraction of sp³-hybridized carbons (Fsp3) is 0.308. The quantitative estimate of drug-likeness (QED) is 0.789. The topological polar surface area (TPSA) is 52.3 Å². The first-order valence-corrected chi connectivity index (χ1v) is 5.24. The van der Waals surface area contributed by atoms with Crippen LogP contribution in [0, 0.1) is 6.92 Å². The maximum Gasteiger partial charge on any atom is 0.338 e. The Bertz CT molecular complexity index is 397. The van der Waals surface area contributed by atoms with Crippen LogP contribution >= 0.6 is 0 Å². The second kappa shape index (κ2) is 6.08. The first-order chi connectivity index (χ1) is 7.69. The van der Waals surface area contributed by atoms with Crippen molar-refractivity contribution in [1.29, 1.82) is 0 Å². The van der Waals surface area contributed by atoms with Gasteiger partial charge in [-0.2, -0.15) is 0 Å². The van der Waals surface area contributed by atoms with Crippen LogP contribution in [-0.4, -0.2) is 19.6 Å². The van der Waals surface area contributed by atoms with Crippen molar-refractivity contribution >= 4 is 12.0 Å². The van der Waals surface area contributed by atoms with Gasteiger partial charge in [0.25, 0.3) is 0 Å². The van der Waals surface area contributed by atoms with E-state index in [1.807, 2.05) is 37.3 Å². The van der Waals surface area contributed by atoms with E-state index in [0.29, 0.717) is 12.1 Å². The van der Waals surface area contributed by atoms with E-state index >= 15 is 0 Å². The van der Waals surface area contributed by atoms with Crippen molar-refractivity contribution in [3.8, 4) is 0 Å². The summed E-state index contributed by atoms with van der Waals surface area (Å²) in [7, 11) is 1.39. The zero-order chi connectivity index (χ0) is 12.0. The van der Waals surface area contributed by atoms with Crippen LogP contribution < -0.4 is 5.73 Å². The van der Waals surface area contributed by atoms with E-state index in [4.69, 9.17) is 10.5 Å². The highest BCUT2D eigenvalue weighted by Gasteiger charge is 2.08. The summed E-state index contributed by atoms with van der Waals surface area (Å²) < 4.78 is 4.71. The van der Waals surface area contributed by atoms with Gasteiger partial charge in [0.05, 0.1) is 12.7 Å². The molecule has 0 atom stereocenters. The molecule has 0 aliphatic rings. The summed E-state index contributed by atoms with van der Waals surface area (Å²) in [4.78, 5) is 11.5. The van der Waals surface area contributed by atoms with Crippen molar-refractivity contribution in [2.45, 2.75) is 13.3 Å². The number of ether oxygens (including phenoxy) is 1. The highest BCUT2D eigenvalue weighted by atomic mass is 16.5. The minimum atomic E-state index is -0.299. The molecule has 16 heavy (non-hydrogen) atoms. The third-order valence-electron chi connectivity index (χ3n) is 2.31. The normalized spacial score (nSPS) is 10.7. The number of aryl methyl sites for hydroxylation is 1. The first kappa shape index (κ1) is 12.5. The molecular weight excluding hydrogens is 202 g/mol. The average molecular weight is 219 g/mol. The van der Waals surface area contributed by atoms with Crippen molar-refractivity contribution in [2.24, 2.45) is 5.73 Å². The monoisotopic (exact) mass is 219 g/mol. The lowest BCUT2D eigenvalue weighted by Crippen LogP contribution is -2.03. The smallest absolute Gasteiger partial charge is 0.338 e. The van der Waals surface area contributed by atoms with Crippen LogP contribution in [0.5, 0.6) is 0 Å². The van der Waals surface area contributed by atoms with Gasteiger partial charge in [0.1, 0.15) is 0 Å². The van der Waals surface area contributed by atoms with Crippen LogP contribution in [0.3, 0.4) is 0 Å². The molecule has 3 nitrogen and oxygen atoms in total. The van der Waals surface area contributed by atoms with E-state index in [2.05, 4.69) is 0 Å². The number of esters is 1. The van der Waals surface area contributed by atoms with Gasteiger partial charge >= 0.3 is 5.97 Å². The molecule has 0 radical (unpaired) electrons. The number of methoxy groups -OCH3 is 1. The van der Waals surface area contributed by atoms with E-state index in [-0.39, 0.29) is 5.97 Å². The fourth-order valence-electron chi connectivity index (χ4n) is 1.39. The minimum Gasteiger partial charge on any atom is -0.465 e. The molecule has 0 aromatic heterocycles. The molecule has 0 saturated carbocycles. The minimum absolute atomic E-state index is 0.299. The second-order valence-corrected chi connectivity index (χ2v) is 3.55. The summed E-state index contributed by atoms with van der Waals surface area (Å²) in [6, 6.07) is 5.71. The van der Waals surface area contributed by atoms with Crippen LogP contribution in [0.15, 0.2) is 24.3 Å². The molecule has 1 aromatic carbocycles. The molecule has 0 unspecified atom stereocenters. The van der Waals surface area contributed by atoms with Gasteiger partial charge < -0.3 is 10.5 Å². The number of nitrogens with two attached hydrogens (primary N) is 1. The highest BCUT2D eigenvalue weighted by Crippen LogP contribution is 2.13. The van der Waals surface area contributed by atoms with E-state index in [9.17, 15) is 4.79 Å². The lowest BCUT2D eigenvalue weighted by atomic mass is 10.0. The largest absolute Gasteiger partial charge is 0.465 e. The van der Waals surface area contributed by atoms with Crippen molar-refractivity contribution in [3.63, 3.8) is 0 Å². The Morgan fingerprint density at radius 3 is 2.88 bits per heavy atom. The van der Waals surface area contributed by atoms with Gasteiger partial charge in [0.15, 0.2) is 0 Å². The first-order valence-electron chi connectivity index (χ1n) is 5.24. The van der Waals surface area contributed by atoms with Crippen LogP contribution in [0.4, 0.5) is 0 Å². The zero-order valence-electron chi connectivity index (χ0n) is 9.69. The fourth-order valence-corrected chi connectivity index (χ4v) is 1.39. The molecule has 0 heterocycles. The number of rotatable bonds is 4. The maximum absolute atomic E-state index is 11.5. The lowest BCUT2D eigenvalue weighted by molar-refractivity contribution is 0.0600. The molecule has 0 spiro atoms. The lowest BCUT2D eigenvalue weighted by Gasteiger charge is -2.04. The number of carbonyl (C=O) groups is 1. The Kier molecular flexibility index (Phi) is 4.73. The SMILES string of the molecule is COC(=O)c1cc(C=CCCN)ccc1C. The summed E-state index contributed by atoms with van der Waals surface area (Å²) >= 11 is 0. The summed E-state index contributed by atoms with van der Waals surface area (Å²) in [5.41, 5.74) is 7.90. The van der Waals surface area contributed by atoms with Gasteiger partial charge in [-0.25, -0.2) is 4.79 Å². The standard InChI is InChI=1S/C13H17NO2/c1-10-6-7-11(5-3-4-8-14)9-12(10)13(15)16-2/h3,5-7,9H,4,8,14H2,1-2H3. The number of hydrogen-bond donors (Lipinski definition) is 1. The van der Waals surface area contributed by atoms with Crippen molar-refractivity contribution in [3.05, 3.63) is 41.0 Å². The number of hydrogen-bond acceptors (Lipinski definition) is 3. The average Bonchev–Trinajstić information content (AvgIpc) is 2.30.